The standard InChI is InChI=1S/C11H7ClF4N4S/c12-8-6(11(14,15)16)2-1-5(9(8)13)3-18-20-10-19-7(17)4-21-10/h1-4H,17H2,(H,19,20). The normalized spacial score (nSPS) is 12.0. The van der Waals surface area contributed by atoms with E-state index in [1.807, 2.05) is 0 Å². The van der Waals surface area contributed by atoms with E-state index in [4.69, 9.17) is 17.3 Å². The molecule has 0 spiro atoms. The van der Waals surface area contributed by atoms with Crippen molar-refractivity contribution in [1.82, 2.24) is 4.98 Å². The summed E-state index contributed by atoms with van der Waals surface area (Å²) < 4.78 is 51.3. The Bertz CT molecular complexity index is 683. The summed E-state index contributed by atoms with van der Waals surface area (Å²) in [6.07, 6.45) is -3.72. The molecule has 0 atom stereocenters. The van der Waals surface area contributed by atoms with Crippen LogP contribution in [-0.2, 0) is 6.18 Å². The molecule has 1 aromatic carbocycles. The first kappa shape index (κ1) is 15.5. The van der Waals surface area contributed by atoms with Gasteiger partial charge in [-0.05, 0) is 12.1 Å². The highest BCUT2D eigenvalue weighted by Gasteiger charge is 2.34. The van der Waals surface area contributed by atoms with E-state index in [9.17, 15) is 17.6 Å². The molecule has 0 aliphatic heterocycles. The highest BCUT2D eigenvalue weighted by Crippen LogP contribution is 2.36. The molecule has 0 radical (unpaired) electrons. The fourth-order valence-corrected chi connectivity index (χ4v) is 2.21. The maximum Gasteiger partial charge on any atom is 0.417 e. The maximum absolute atomic E-state index is 13.7. The summed E-state index contributed by atoms with van der Waals surface area (Å²) in [5, 5.41) is 4.59. The summed E-state index contributed by atoms with van der Waals surface area (Å²) >= 11 is 6.55. The summed E-state index contributed by atoms with van der Waals surface area (Å²) in [5.74, 6) is -0.905. The van der Waals surface area contributed by atoms with Crippen LogP contribution in [0, 0.1) is 5.82 Å². The molecule has 0 bridgehead atoms. The van der Waals surface area contributed by atoms with Crippen molar-refractivity contribution in [2.75, 3.05) is 11.2 Å². The average Bonchev–Trinajstić information content (AvgIpc) is 2.79. The van der Waals surface area contributed by atoms with Crippen molar-refractivity contribution in [3.05, 3.63) is 39.5 Å². The van der Waals surface area contributed by atoms with Crippen molar-refractivity contribution in [3.8, 4) is 0 Å². The number of nitrogens with two attached hydrogens (primary N) is 1. The Hall–Kier alpha value is -1.87. The molecular formula is C11H7ClF4N4S. The SMILES string of the molecule is Nc1csc(NN=Cc2ccc(C(F)(F)F)c(Cl)c2F)n1. The van der Waals surface area contributed by atoms with Gasteiger partial charge < -0.3 is 5.73 Å². The van der Waals surface area contributed by atoms with Crippen molar-refractivity contribution >= 4 is 40.1 Å². The Labute approximate surface area is 125 Å². The van der Waals surface area contributed by atoms with Crippen LogP contribution in [0.1, 0.15) is 11.1 Å². The van der Waals surface area contributed by atoms with Gasteiger partial charge in [0.1, 0.15) is 5.82 Å². The molecular weight excluding hydrogens is 332 g/mol. The van der Waals surface area contributed by atoms with Crippen molar-refractivity contribution in [3.63, 3.8) is 0 Å². The van der Waals surface area contributed by atoms with E-state index in [1.165, 1.54) is 11.3 Å². The minimum absolute atomic E-state index is 0.190. The highest BCUT2D eigenvalue weighted by atomic mass is 35.5. The Morgan fingerprint density at radius 1 is 1.38 bits per heavy atom. The van der Waals surface area contributed by atoms with Crippen LogP contribution >= 0.6 is 22.9 Å². The van der Waals surface area contributed by atoms with E-state index < -0.39 is 22.6 Å². The molecule has 3 N–H and O–H groups in total. The smallest absolute Gasteiger partial charge is 0.383 e. The van der Waals surface area contributed by atoms with Crippen LogP contribution in [0.2, 0.25) is 5.02 Å². The summed E-state index contributed by atoms with van der Waals surface area (Å²) in [5.41, 5.74) is 6.43. The third-order valence-corrected chi connectivity index (χ3v) is 3.44. The van der Waals surface area contributed by atoms with Crippen molar-refractivity contribution in [1.29, 1.82) is 0 Å². The number of nitrogen functional groups attached to an aromatic ring is 1. The molecule has 0 fully saturated rings. The Kier molecular flexibility index (Phi) is 4.33. The zero-order valence-electron chi connectivity index (χ0n) is 10.1. The maximum atomic E-state index is 13.7. The summed E-state index contributed by atoms with van der Waals surface area (Å²) in [6, 6.07) is 1.62. The fourth-order valence-electron chi connectivity index (χ4n) is 1.38. The second-order valence-corrected chi connectivity index (χ2v) is 5.01. The molecule has 0 saturated heterocycles. The minimum atomic E-state index is -4.72. The van der Waals surface area contributed by atoms with Crippen LogP contribution in [-0.4, -0.2) is 11.2 Å². The van der Waals surface area contributed by atoms with E-state index in [0.717, 1.165) is 12.3 Å². The molecule has 21 heavy (non-hydrogen) atoms. The number of hydrazone groups is 1. The molecule has 10 heteroatoms. The van der Waals surface area contributed by atoms with Crippen LogP contribution in [0.5, 0.6) is 0 Å². The van der Waals surface area contributed by atoms with Gasteiger partial charge in [-0.2, -0.15) is 18.3 Å². The van der Waals surface area contributed by atoms with Gasteiger partial charge in [-0.25, -0.2) is 9.37 Å². The number of rotatable bonds is 3. The fraction of sp³-hybridized carbons (Fsp3) is 0.0909. The van der Waals surface area contributed by atoms with Crippen molar-refractivity contribution in [2.24, 2.45) is 5.10 Å². The Morgan fingerprint density at radius 3 is 2.67 bits per heavy atom. The molecule has 0 amide bonds. The molecule has 2 aromatic rings. The number of anilines is 2. The van der Waals surface area contributed by atoms with Crippen LogP contribution in [0.3, 0.4) is 0 Å². The van der Waals surface area contributed by atoms with E-state index in [-0.39, 0.29) is 5.56 Å². The van der Waals surface area contributed by atoms with Gasteiger partial charge in [0.25, 0.3) is 0 Å². The number of alkyl halides is 3. The lowest BCUT2D eigenvalue weighted by Gasteiger charge is -2.10. The van der Waals surface area contributed by atoms with Gasteiger partial charge in [0, 0.05) is 10.9 Å². The monoisotopic (exact) mass is 338 g/mol. The number of hydrogen-bond donors (Lipinski definition) is 2. The number of benzene rings is 1. The van der Waals surface area contributed by atoms with Crippen molar-refractivity contribution < 1.29 is 17.6 Å². The Balaban J connectivity index is 2.19. The van der Waals surface area contributed by atoms with Crippen LogP contribution in [0.25, 0.3) is 0 Å². The summed E-state index contributed by atoms with van der Waals surface area (Å²) in [6.45, 7) is 0. The topological polar surface area (TPSA) is 63.3 Å². The highest BCUT2D eigenvalue weighted by molar-refractivity contribution is 7.14. The molecule has 0 saturated carbocycles. The van der Waals surface area contributed by atoms with Crippen LogP contribution in [0.15, 0.2) is 22.6 Å². The third-order valence-electron chi connectivity index (χ3n) is 2.30. The third kappa shape index (κ3) is 3.61. The predicted molar refractivity (Wildman–Crippen MR) is 74.2 cm³/mol. The van der Waals surface area contributed by atoms with Gasteiger partial charge in [0.05, 0.1) is 16.8 Å². The first-order chi connectivity index (χ1) is 9.79. The van der Waals surface area contributed by atoms with Crippen LogP contribution < -0.4 is 11.2 Å². The average molecular weight is 339 g/mol. The molecule has 2 rings (SSSR count). The summed E-state index contributed by atoms with van der Waals surface area (Å²) in [4.78, 5) is 3.83. The largest absolute Gasteiger partial charge is 0.417 e. The lowest BCUT2D eigenvalue weighted by molar-refractivity contribution is -0.137. The molecule has 4 nitrogen and oxygen atoms in total. The number of nitrogens with zero attached hydrogens (tertiary/aromatic N) is 2. The van der Waals surface area contributed by atoms with Gasteiger partial charge in [0.15, 0.2) is 5.82 Å². The number of thiazole rings is 1. The molecule has 0 aliphatic rings. The van der Waals surface area contributed by atoms with Gasteiger partial charge >= 0.3 is 6.18 Å². The second kappa shape index (κ2) is 5.86. The van der Waals surface area contributed by atoms with E-state index in [0.29, 0.717) is 17.0 Å². The van der Waals surface area contributed by atoms with E-state index >= 15 is 0 Å². The molecule has 1 heterocycles. The van der Waals surface area contributed by atoms with E-state index in [1.54, 1.807) is 5.38 Å². The number of halogens is 5. The molecule has 1 aromatic heterocycles. The first-order valence-electron chi connectivity index (χ1n) is 5.34. The summed E-state index contributed by atoms with van der Waals surface area (Å²) in [7, 11) is 0. The zero-order chi connectivity index (χ0) is 15.6. The number of hydrogen-bond acceptors (Lipinski definition) is 5. The first-order valence-corrected chi connectivity index (χ1v) is 6.60. The number of nitrogens with one attached hydrogen (secondary N) is 1. The predicted octanol–water partition coefficient (Wildman–Crippen LogP) is 3.98. The van der Waals surface area contributed by atoms with Gasteiger partial charge in [-0.3, -0.25) is 5.43 Å². The zero-order valence-corrected chi connectivity index (χ0v) is 11.7. The number of aromatic nitrogens is 1. The molecule has 112 valence electrons. The van der Waals surface area contributed by atoms with Gasteiger partial charge in [-0.1, -0.05) is 11.6 Å². The van der Waals surface area contributed by atoms with Crippen molar-refractivity contribution in [2.45, 2.75) is 6.18 Å². The van der Waals surface area contributed by atoms with E-state index in [2.05, 4.69) is 15.5 Å². The minimum Gasteiger partial charge on any atom is -0.383 e. The van der Waals surface area contributed by atoms with Crippen LogP contribution in [0.4, 0.5) is 28.5 Å². The quantitative estimate of drug-likeness (QED) is 0.505. The lowest BCUT2D eigenvalue weighted by Crippen LogP contribution is -2.08. The van der Waals surface area contributed by atoms with Gasteiger partial charge in [-0.15, -0.1) is 11.3 Å². The second-order valence-electron chi connectivity index (χ2n) is 3.78. The molecule has 0 aliphatic carbocycles. The molecule has 0 unspecified atom stereocenters. The van der Waals surface area contributed by atoms with Gasteiger partial charge in [0.2, 0.25) is 5.13 Å². The Morgan fingerprint density at radius 2 is 2.10 bits per heavy atom. The lowest BCUT2D eigenvalue weighted by atomic mass is 10.1.